The zero-order valence-electron chi connectivity index (χ0n) is 16.7. The number of likely N-dealkylation sites (tertiary alicyclic amines) is 1. The number of nitrogens with zero attached hydrogens (tertiary/aromatic N) is 1. The highest BCUT2D eigenvalue weighted by Gasteiger charge is 2.46. The predicted molar refractivity (Wildman–Crippen MR) is 120 cm³/mol. The third-order valence-corrected chi connectivity index (χ3v) is 6.14. The van der Waals surface area contributed by atoms with Gasteiger partial charge in [-0.1, -0.05) is 41.4 Å². The maximum absolute atomic E-state index is 13.0. The molecule has 0 spiro atoms. The number of hydrogen-bond donors (Lipinski definition) is 2. The summed E-state index contributed by atoms with van der Waals surface area (Å²) in [7, 11) is 1.58. The number of para-hydroxylation sites is 1. The minimum Gasteiger partial charge on any atom is -0.507 e. The second kappa shape index (κ2) is 8.75. The van der Waals surface area contributed by atoms with Gasteiger partial charge in [0.2, 0.25) is 0 Å². The van der Waals surface area contributed by atoms with Crippen molar-refractivity contribution in [3.05, 3.63) is 75.4 Å². The molecule has 1 unspecified atom stereocenters. The van der Waals surface area contributed by atoms with Gasteiger partial charge in [-0.2, -0.15) is 0 Å². The molecule has 0 aliphatic carbocycles. The SMILES string of the molecule is COCCCN1C(=O)C(=O)/C(=C(/O)c2ccc(Cl)c(Cl)c2)C1c1c[nH]c2ccccc12. The fourth-order valence-electron chi connectivity index (χ4n) is 3.93. The number of fused-ring (bicyclic) bond motifs is 1. The number of nitrogens with one attached hydrogen (secondary N) is 1. The number of aliphatic hydroxyl groups excluding tert-OH is 1. The van der Waals surface area contributed by atoms with Crippen LogP contribution < -0.4 is 0 Å². The van der Waals surface area contributed by atoms with Crippen molar-refractivity contribution in [1.29, 1.82) is 0 Å². The summed E-state index contributed by atoms with van der Waals surface area (Å²) in [5.74, 6) is -1.69. The number of aliphatic hydroxyl groups is 1. The van der Waals surface area contributed by atoms with E-state index in [1.54, 1.807) is 19.4 Å². The smallest absolute Gasteiger partial charge is 0.295 e. The lowest BCUT2D eigenvalue weighted by Crippen LogP contribution is -2.31. The summed E-state index contributed by atoms with van der Waals surface area (Å²) < 4.78 is 5.11. The Bertz CT molecular complexity index is 1200. The van der Waals surface area contributed by atoms with Crippen LogP contribution in [0.1, 0.15) is 23.6 Å². The van der Waals surface area contributed by atoms with Crippen LogP contribution in [-0.2, 0) is 14.3 Å². The van der Waals surface area contributed by atoms with Gasteiger partial charge in [0, 0.05) is 48.5 Å². The lowest BCUT2D eigenvalue weighted by molar-refractivity contribution is -0.140. The van der Waals surface area contributed by atoms with Crippen LogP contribution in [0.15, 0.2) is 54.2 Å². The lowest BCUT2D eigenvalue weighted by atomic mass is 9.95. The lowest BCUT2D eigenvalue weighted by Gasteiger charge is -2.24. The number of ether oxygens (including phenoxy) is 1. The van der Waals surface area contributed by atoms with Gasteiger partial charge in [0.1, 0.15) is 5.76 Å². The molecule has 0 saturated carbocycles. The molecule has 0 radical (unpaired) electrons. The Morgan fingerprint density at radius 1 is 1.16 bits per heavy atom. The number of halogens is 2. The number of ketones is 1. The Labute approximate surface area is 189 Å². The number of aromatic nitrogens is 1. The molecule has 1 aromatic heterocycles. The Kier molecular flexibility index (Phi) is 6.05. The van der Waals surface area contributed by atoms with E-state index in [0.29, 0.717) is 30.2 Å². The van der Waals surface area contributed by atoms with Crippen LogP contribution in [-0.4, -0.2) is 46.9 Å². The molecule has 1 aliphatic heterocycles. The highest BCUT2D eigenvalue weighted by atomic mass is 35.5. The third kappa shape index (κ3) is 3.83. The van der Waals surface area contributed by atoms with Crippen molar-refractivity contribution in [3.8, 4) is 0 Å². The van der Waals surface area contributed by atoms with Gasteiger partial charge in [0.25, 0.3) is 11.7 Å². The molecule has 2 N–H and O–H groups in total. The Morgan fingerprint density at radius 3 is 2.68 bits per heavy atom. The first kappa shape index (κ1) is 21.4. The van der Waals surface area contributed by atoms with Crippen LogP contribution in [0.3, 0.4) is 0 Å². The molecule has 8 heteroatoms. The van der Waals surface area contributed by atoms with Crippen molar-refractivity contribution < 1.29 is 19.4 Å². The summed E-state index contributed by atoms with van der Waals surface area (Å²) in [6.07, 6.45) is 2.32. The van der Waals surface area contributed by atoms with E-state index in [2.05, 4.69) is 4.98 Å². The predicted octanol–water partition coefficient (Wildman–Crippen LogP) is 4.93. The molecule has 6 nitrogen and oxygen atoms in total. The van der Waals surface area contributed by atoms with Crippen LogP contribution in [0.25, 0.3) is 16.7 Å². The number of amides is 1. The quantitative estimate of drug-likeness (QED) is 0.237. The number of rotatable bonds is 6. The molecule has 4 rings (SSSR count). The highest BCUT2D eigenvalue weighted by molar-refractivity contribution is 6.47. The fourth-order valence-corrected chi connectivity index (χ4v) is 4.23. The topological polar surface area (TPSA) is 82.6 Å². The molecule has 1 atom stereocenters. The van der Waals surface area contributed by atoms with Crippen LogP contribution in [0, 0.1) is 0 Å². The molecule has 0 bridgehead atoms. The van der Waals surface area contributed by atoms with Gasteiger partial charge in [-0.05, 0) is 30.7 Å². The van der Waals surface area contributed by atoms with Gasteiger partial charge in [0.05, 0.1) is 21.7 Å². The normalized spacial score (nSPS) is 18.3. The number of carbonyl (C=O) groups is 2. The molecule has 2 heterocycles. The second-order valence-corrected chi connectivity index (χ2v) is 8.07. The van der Waals surface area contributed by atoms with Crippen molar-refractivity contribution in [2.45, 2.75) is 12.5 Å². The number of methoxy groups -OCH3 is 1. The molecule has 1 aliphatic rings. The molecule has 3 aromatic rings. The van der Waals surface area contributed by atoms with Crippen molar-refractivity contribution in [3.63, 3.8) is 0 Å². The van der Waals surface area contributed by atoms with E-state index in [4.69, 9.17) is 27.9 Å². The van der Waals surface area contributed by atoms with Crippen molar-refractivity contribution in [2.75, 3.05) is 20.3 Å². The molecule has 31 heavy (non-hydrogen) atoms. The monoisotopic (exact) mass is 458 g/mol. The summed E-state index contributed by atoms with van der Waals surface area (Å²) in [4.78, 5) is 30.7. The number of aromatic amines is 1. The minimum atomic E-state index is -0.748. The van der Waals surface area contributed by atoms with E-state index in [-0.39, 0.29) is 16.4 Å². The maximum Gasteiger partial charge on any atom is 0.295 e. The van der Waals surface area contributed by atoms with Crippen molar-refractivity contribution in [1.82, 2.24) is 9.88 Å². The molecule has 160 valence electrons. The fraction of sp³-hybridized carbons (Fsp3) is 0.217. The number of hydrogen-bond acceptors (Lipinski definition) is 4. The first-order valence-corrected chi connectivity index (χ1v) is 10.5. The molecule has 2 aromatic carbocycles. The van der Waals surface area contributed by atoms with Crippen molar-refractivity contribution >= 4 is 51.6 Å². The van der Waals surface area contributed by atoms with E-state index in [9.17, 15) is 14.7 Å². The summed E-state index contributed by atoms with van der Waals surface area (Å²) in [6.45, 7) is 0.747. The first-order valence-electron chi connectivity index (χ1n) is 9.72. The average molecular weight is 459 g/mol. The van der Waals surface area contributed by atoms with Crippen LogP contribution >= 0.6 is 23.2 Å². The number of carbonyl (C=O) groups excluding carboxylic acids is 2. The molecular formula is C23H20Cl2N2O4. The number of benzene rings is 2. The third-order valence-electron chi connectivity index (χ3n) is 5.40. The van der Waals surface area contributed by atoms with Crippen molar-refractivity contribution in [2.24, 2.45) is 0 Å². The summed E-state index contributed by atoms with van der Waals surface area (Å²) in [6, 6.07) is 11.4. The number of Topliss-reactive ketones (excluding diaryl/α,β-unsaturated/α-hetero) is 1. The molecule has 1 amide bonds. The van der Waals surface area contributed by atoms with Gasteiger partial charge in [-0.25, -0.2) is 0 Å². The summed E-state index contributed by atoms with van der Waals surface area (Å²) in [5, 5.41) is 12.5. The zero-order valence-corrected chi connectivity index (χ0v) is 18.2. The second-order valence-electron chi connectivity index (χ2n) is 7.26. The van der Waals surface area contributed by atoms with Gasteiger partial charge >= 0.3 is 0 Å². The van der Waals surface area contributed by atoms with Gasteiger partial charge in [0.15, 0.2) is 0 Å². The molecule has 1 saturated heterocycles. The summed E-state index contributed by atoms with van der Waals surface area (Å²) >= 11 is 12.1. The molecular weight excluding hydrogens is 439 g/mol. The highest BCUT2D eigenvalue weighted by Crippen LogP contribution is 2.42. The Hall–Kier alpha value is -2.80. The Balaban J connectivity index is 1.89. The van der Waals surface area contributed by atoms with E-state index in [0.717, 1.165) is 16.5 Å². The first-order chi connectivity index (χ1) is 14.9. The largest absolute Gasteiger partial charge is 0.507 e. The summed E-state index contributed by atoms with van der Waals surface area (Å²) in [5.41, 5.74) is 1.93. The van der Waals surface area contributed by atoms with E-state index < -0.39 is 17.7 Å². The zero-order chi connectivity index (χ0) is 22.1. The van der Waals surface area contributed by atoms with E-state index in [1.165, 1.54) is 17.0 Å². The van der Waals surface area contributed by atoms with Gasteiger partial charge < -0.3 is 19.7 Å². The number of H-pyrrole nitrogens is 1. The Morgan fingerprint density at radius 2 is 1.94 bits per heavy atom. The van der Waals surface area contributed by atoms with Crippen LogP contribution in [0.4, 0.5) is 0 Å². The maximum atomic E-state index is 13.0. The average Bonchev–Trinajstić information content (AvgIpc) is 3.29. The minimum absolute atomic E-state index is 0.0190. The van der Waals surface area contributed by atoms with Crippen LogP contribution in [0.5, 0.6) is 0 Å². The molecule has 1 fully saturated rings. The van der Waals surface area contributed by atoms with E-state index >= 15 is 0 Å². The van der Waals surface area contributed by atoms with Crippen LogP contribution in [0.2, 0.25) is 10.0 Å². The van der Waals surface area contributed by atoms with Gasteiger partial charge in [-0.15, -0.1) is 0 Å². The van der Waals surface area contributed by atoms with E-state index in [1.807, 2.05) is 24.3 Å². The standard InChI is InChI=1S/C23H20Cl2N2O4/c1-31-10-4-9-27-20(15-12-26-18-6-3-2-5-14(15)18)19(22(29)23(27)30)21(28)13-7-8-16(24)17(25)11-13/h2-3,5-8,11-12,20,26,28H,4,9-10H2,1H3/b21-19+. The van der Waals surface area contributed by atoms with Gasteiger partial charge in [-0.3, -0.25) is 9.59 Å².